The minimum absolute atomic E-state index is 0.223. The number of ether oxygens (including phenoxy) is 2. The number of carbonyl (C=O) groups is 2. The van der Waals surface area contributed by atoms with Gasteiger partial charge in [0.25, 0.3) is 5.91 Å². The second kappa shape index (κ2) is 9.47. The van der Waals surface area contributed by atoms with Crippen LogP contribution in [-0.4, -0.2) is 24.5 Å². The lowest BCUT2D eigenvalue weighted by Crippen LogP contribution is -2.46. The normalized spacial score (nSPS) is 11.9. The summed E-state index contributed by atoms with van der Waals surface area (Å²) in [5.41, 5.74) is 0.954. The third-order valence-corrected chi connectivity index (χ3v) is 4.78. The number of benzene rings is 2. The summed E-state index contributed by atoms with van der Waals surface area (Å²) < 4.78 is 16.2. The third-order valence-electron chi connectivity index (χ3n) is 4.78. The van der Waals surface area contributed by atoms with Crippen LogP contribution in [0.2, 0.25) is 0 Å². The van der Waals surface area contributed by atoms with Crippen LogP contribution in [0.5, 0.6) is 11.5 Å². The Kier molecular flexibility index (Phi) is 6.74. The molecule has 0 bridgehead atoms. The molecule has 0 fully saturated rings. The van der Waals surface area contributed by atoms with Crippen molar-refractivity contribution in [3.05, 3.63) is 70.1 Å². The summed E-state index contributed by atoms with van der Waals surface area (Å²) in [6.45, 7) is 7.66. The molecule has 0 radical (unpaired) electrons. The monoisotopic (exact) mass is 423 g/mol. The molecule has 7 heteroatoms. The smallest absolute Gasteiger partial charge is 0.336 e. The minimum Gasteiger partial charge on any atom is -0.493 e. The van der Waals surface area contributed by atoms with Crippen molar-refractivity contribution in [3.8, 4) is 11.5 Å². The Morgan fingerprint density at radius 1 is 1.10 bits per heavy atom. The van der Waals surface area contributed by atoms with E-state index in [2.05, 4.69) is 5.32 Å². The van der Waals surface area contributed by atoms with Gasteiger partial charge in [-0.25, -0.2) is 9.59 Å². The van der Waals surface area contributed by atoms with Crippen molar-refractivity contribution in [1.29, 1.82) is 0 Å². The largest absolute Gasteiger partial charge is 0.493 e. The van der Waals surface area contributed by atoms with Crippen molar-refractivity contribution >= 4 is 22.8 Å². The van der Waals surface area contributed by atoms with Crippen LogP contribution >= 0.6 is 0 Å². The number of nitrogens with one attached hydrogen (secondary N) is 1. The molecule has 1 N–H and O–H groups in total. The Labute approximate surface area is 180 Å². The number of aryl methyl sites for hydroxylation is 1. The van der Waals surface area contributed by atoms with Crippen LogP contribution in [0.4, 0.5) is 0 Å². The summed E-state index contributed by atoms with van der Waals surface area (Å²) in [5, 5.41) is 3.49. The van der Waals surface area contributed by atoms with Crippen LogP contribution in [0, 0.1) is 12.8 Å². The number of rotatable bonds is 7. The van der Waals surface area contributed by atoms with Gasteiger partial charge in [0.1, 0.15) is 23.1 Å². The lowest BCUT2D eigenvalue weighted by atomic mass is 10.0. The summed E-state index contributed by atoms with van der Waals surface area (Å²) in [4.78, 5) is 37.3. The van der Waals surface area contributed by atoms with E-state index in [1.165, 1.54) is 12.1 Å². The minimum atomic E-state index is -0.887. The fourth-order valence-electron chi connectivity index (χ4n) is 3.20. The standard InChI is InChI=1S/C24H25NO6/c1-5-29-19-9-7-6-8-18(19)23(27)25-22(14(2)3)24(28)30-16-10-11-17-15(4)12-21(26)31-20(17)13-16/h6-14,22H,5H2,1-4H3,(H,25,27)/t22-/m0/s1. The van der Waals surface area contributed by atoms with Gasteiger partial charge in [-0.05, 0) is 49.6 Å². The van der Waals surface area contributed by atoms with Crippen LogP contribution in [0.3, 0.4) is 0 Å². The third kappa shape index (κ3) is 5.12. The number of hydrogen-bond donors (Lipinski definition) is 1. The lowest BCUT2D eigenvalue weighted by molar-refractivity contribution is -0.137. The van der Waals surface area contributed by atoms with E-state index < -0.39 is 23.5 Å². The maximum atomic E-state index is 12.8. The van der Waals surface area contributed by atoms with Crippen molar-refractivity contribution < 1.29 is 23.5 Å². The summed E-state index contributed by atoms with van der Waals surface area (Å²) in [6, 6.07) is 12.2. The zero-order valence-electron chi connectivity index (χ0n) is 17.9. The van der Waals surface area contributed by atoms with E-state index in [1.807, 2.05) is 20.8 Å². The fourth-order valence-corrected chi connectivity index (χ4v) is 3.20. The Bertz CT molecular complexity index is 1160. The first kappa shape index (κ1) is 22.1. The summed E-state index contributed by atoms with van der Waals surface area (Å²) in [6.07, 6.45) is 0. The van der Waals surface area contributed by atoms with E-state index in [4.69, 9.17) is 13.9 Å². The van der Waals surface area contributed by atoms with Gasteiger partial charge in [0.2, 0.25) is 0 Å². The average Bonchev–Trinajstić information content (AvgIpc) is 2.71. The molecule has 3 aromatic rings. The molecule has 1 aromatic heterocycles. The predicted octanol–water partition coefficient (Wildman–Crippen LogP) is 3.86. The molecular weight excluding hydrogens is 398 g/mol. The fraction of sp³-hybridized carbons (Fsp3) is 0.292. The average molecular weight is 423 g/mol. The van der Waals surface area contributed by atoms with Crippen LogP contribution in [0.25, 0.3) is 11.0 Å². The molecule has 0 aliphatic carbocycles. The molecule has 0 unspecified atom stereocenters. The predicted molar refractivity (Wildman–Crippen MR) is 117 cm³/mol. The van der Waals surface area contributed by atoms with Crippen LogP contribution in [-0.2, 0) is 4.79 Å². The molecule has 0 saturated carbocycles. The van der Waals surface area contributed by atoms with Crippen molar-refractivity contribution in [2.75, 3.05) is 6.61 Å². The first-order valence-corrected chi connectivity index (χ1v) is 10.1. The Morgan fingerprint density at radius 3 is 2.55 bits per heavy atom. The molecule has 0 aliphatic heterocycles. The highest BCUT2D eigenvalue weighted by molar-refractivity contribution is 5.99. The molecule has 0 saturated heterocycles. The highest BCUT2D eigenvalue weighted by atomic mass is 16.5. The topological polar surface area (TPSA) is 94.8 Å². The van der Waals surface area contributed by atoms with Gasteiger partial charge in [0.15, 0.2) is 0 Å². The van der Waals surface area contributed by atoms with Crippen LogP contribution < -0.4 is 20.4 Å². The van der Waals surface area contributed by atoms with Gasteiger partial charge in [0.05, 0.1) is 12.2 Å². The lowest BCUT2D eigenvalue weighted by Gasteiger charge is -2.21. The first-order chi connectivity index (χ1) is 14.8. The molecular formula is C24H25NO6. The second-order valence-electron chi connectivity index (χ2n) is 7.45. The van der Waals surface area contributed by atoms with E-state index in [-0.39, 0.29) is 11.7 Å². The van der Waals surface area contributed by atoms with Crippen molar-refractivity contribution in [2.45, 2.75) is 33.7 Å². The molecule has 1 heterocycles. The van der Waals surface area contributed by atoms with Crippen LogP contribution in [0.1, 0.15) is 36.7 Å². The summed E-state index contributed by atoms with van der Waals surface area (Å²) in [7, 11) is 0. The molecule has 7 nitrogen and oxygen atoms in total. The maximum Gasteiger partial charge on any atom is 0.336 e. The molecule has 162 valence electrons. The molecule has 0 aliphatic rings. The molecule has 1 amide bonds. The van der Waals surface area contributed by atoms with E-state index in [9.17, 15) is 14.4 Å². The van der Waals surface area contributed by atoms with Crippen molar-refractivity contribution in [3.63, 3.8) is 0 Å². The van der Waals surface area contributed by atoms with Crippen LogP contribution in [0.15, 0.2) is 57.7 Å². The molecule has 31 heavy (non-hydrogen) atoms. The maximum absolute atomic E-state index is 12.8. The number of hydrogen-bond acceptors (Lipinski definition) is 6. The second-order valence-corrected chi connectivity index (χ2v) is 7.45. The van der Waals surface area contributed by atoms with Gasteiger partial charge in [-0.3, -0.25) is 4.79 Å². The number of para-hydroxylation sites is 1. The van der Waals surface area contributed by atoms with E-state index in [0.29, 0.717) is 23.5 Å². The van der Waals surface area contributed by atoms with Gasteiger partial charge >= 0.3 is 11.6 Å². The number of esters is 1. The molecule has 1 atom stereocenters. The zero-order valence-corrected chi connectivity index (χ0v) is 17.9. The number of carbonyl (C=O) groups excluding carboxylic acids is 2. The first-order valence-electron chi connectivity index (χ1n) is 10.1. The molecule has 3 rings (SSSR count). The summed E-state index contributed by atoms with van der Waals surface area (Å²) in [5.74, 6) is -0.609. The van der Waals surface area contributed by atoms with E-state index in [0.717, 1.165) is 10.9 Å². The highest BCUT2D eigenvalue weighted by Crippen LogP contribution is 2.23. The molecule has 2 aromatic carbocycles. The van der Waals surface area contributed by atoms with E-state index >= 15 is 0 Å². The Hall–Kier alpha value is -3.61. The summed E-state index contributed by atoms with van der Waals surface area (Å²) >= 11 is 0. The molecule has 0 spiro atoms. The number of fused-ring (bicyclic) bond motifs is 1. The zero-order chi connectivity index (χ0) is 22.5. The van der Waals surface area contributed by atoms with Gasteiger partial charge in [0, 0.05) is 17.5 Å². The SMILES string of the molecule is CCOc1ccccc1C(=O)N[C@H](C(=O)Oc1ccc2c(C)cc(=O)oc2c1)C(C)C. The van der Waals surface area contributed by atoms with Gasteiger partial charge in [-0.1, -0.05) is 26.0 Å². The quantitative estimate of drug-likeness (QED) is 0.352. The van der Waals surface area contributed by atoms with Gasteiger partial charge in [-0.15, -0.1) is 0 Å². The number of amides is 1. The van der Waals surface area contributed by atoms with Gasteiger partial charge in [-0.2, -0.15) is 0 Å². The highest BCUT2D eigenvalue weighted by Gasteiger charge is 2.28. The Morgan fingerprint density at radius 2 is 1.84 bits per heavy atom. The van der Waals surface area contributed by atoms with Crippen molar-refractivity contribution in [1.82, 2.24) is 5.32 Å². The van der Waals surface area contributed by atoms with Gasteiger partial charge < -0.3 is 19.2 Å². The van der Waals surface area contributed by atoms with E-state index in [1.54, 1.807) is 43.3 Å². The van der Waals surface area contributed by atoms with Crippen molar-refractivity contribution in [2.24, 2.45) is 5.92 Å². The Balaban J connectivity index is 1.80.